The van der Waals surface area contributed by atoms with E-state index < -0.39 is 0 Å². The summed E-state index contributed by atoms with van der Waals surface area (Å²) >= 11 is 0. The number of hydrogen-bond acceptors (Lipinski definition) is 3. The average Bonchev–Trinajstić information content (AvgIpc) is 4.03. The fourth-order valence-electron chi connectivity index (χ4n) is 10.3. The van der Waals surface area contributed by atoms with Crippen LogP contribution in [0, 0.1) is 0 Å². The average molecular weight is 783 g/mol. The molecule has 0 N–H and O–H groups in total. The summed E-state index contributed by atoms with van der Waals surface area (Å²) < 4.78 is 15.5. The molecule has 0 radical (unpaired) electrons. The van der Waals surface area contributed by atoms with Crippen LogP contribution in [-0.2, 0) is 5.41 Å². The number of fused-ring (bicyclic) bond motifs is 12. The molecular formula is C57H38N2O2. The summed E-state index contributed by atoms with van der Waals surface area (Å²) in [5.41, 5.74) is 17.5. The highest BCUT2D eigenvalue weighted by Gasteiger charge is 2.36. The number of aromatic nitrogens is 1. The predicted molar refractivity (Wildman–Crippen MR) is 253 cm³/mol. The molecule has 4 nitrogen and oxygen atoms in total. The van der Waals surface area contributed by atoms with Gasteiger partial charge in [-0.3, -0.25) is 0 Å². The summed E-state index contributed by atoms with van der Waals surface area (Å²) in [4.78, 5) is 2.38. The van der Waals surface area contributed by atoms with E-state index in [2.05, 4.69) is 205 Å². The Labute approximate surface area is 352 Å². The van der Waals surface area contributed by atoms with E-state index in [4.69, 9.17) is 8.83 Å². The summed E-state index contributed by atoms with van der Waals surface area (Å²) in [5, 5.41) is 6.82. The van der Waals surface area contributed by atoms with E-state index in [0.29, 0.717) is 0 Å². The normalized spacial score (nSPS) is 13.2. The highest BCUT2D eigenvalue weighted by atomic mass is 16.3. The van der Waals surface area contributed by atoms with Crippen LogP contribution < -0.4 is 4.90 Å². The molecule has 9 aromatic carbocycles. The minimum absolute atomic E-state index is 0.145. The molecule has 1 aliphatic carbocycles. The largest absolute Gasteiger partial charge is 0.456 e. The molecule has 1 aliphatic rings. The Morgan fingerprint density at radius 1 is 0.410 bits per heavy atom. The molecule has 4 heteroatoms. The number of anilines is 3. The van der Waals surface area contributed by atoms with Crippen LogP contribution in [0.25, 0.3) is 93.6 Å². The van der Waals surface area contributed by atoms with Gasteiger partial charge in [-0.05, 0) is 118 Å². The summed E-state index contributed by atoms with van der Waals surface area (Å²) in [6, 6.07) is 70.1. The Balaban J connectivity index is 1.03. The lowest BCUT2D eigenvalue weighted by Gasteiger charge is -2.28. The zero-order chi connectivity index (χ0) is 40.4. The van der Waals surface area contributed by atoms with Crippen molar-refractivity contribution in [1.82, 2.24) is 4.57 Å². The molecule has 0 amide bonds. The Hall–Kier alpha value is -7.82. The molecule has 288 valence electrons. The van der Waals surface area contributed by atoms with Gasteiger partial charge in [-0.25, -0.2) is 0 Å². The van der Waals surface area contributed by atoms with Crippen molar-refractivity contribution in [3.8, 4) is 27.9 Å². The van der Waals surface area contributed by atoms with Crippen molar-refractivity contribution < 1.29 is 8.83 Å². The Kier molecular flexibility index (Phi) is 7.04. The first-order valence-corrected chi connectivity index (χ1v) is 21.0. The van der Waals surface area contributed by atoms with Crippen LogP contribution in [0.5, 0.6) is 0 Å². The van der Waals surface area contributed by atoms with E-state index in [0.717, 1.165) is 88.8 Å². The molecule has 3 heterocycles. The molecule has 61 heavy (non-hydrogen) atoms. The second kappa shape index (κ2) is 12.6. The van der Waals surface area contributed by atoms with E-state index in [1.165, 1.54) is 33.0 Å². The van der Waals surface area contributed by atoms with Gasteiger partial charge in [-0.15, -0.1) is 0 Å². The Bertz CT molecular complexity index is 3750. The second-order valence-corrected chi connectivity index (χ2v) is 16.9. The number of para-hydroxylation sites is 4. The first-order valence-electron chi connectivity index (χ1n) is 21.0. The van der Waals surface area contributed by atoms with Gasteiger partial charge in [0, 0.05) is 54.8 Å². The third-order valence-corrected chi connectivity index (χ3v) is 13.2. The zero-order valence-corrected chi connectivity index (χ0v) is 33.7. The maximum Gasteiger partial charge on any atom is 0.159 e. The van der Waals surface area contributed by atoms with Crippen LogP contribution in [-0.4, -0.2) is 4.57 Å². The quantitative estimate of drug-likeness (QED) is 0.174. The van der Waals surface area contributed by atoms with Crippen molar-refractivity contribution in [1.29, 1.82) is 0 Å². The van der Waals surface area contributed by atoms with E-state index in [1.54, 1.807) is 0 Å². The molecule has 0 aliphatic heterocycles. The van der Waals surface area contributed by atoms with E-state index in [1.807, 2.05) is 12.1 Å². The summed E-state index contributed by atoms with van der Waals surface area (Å²) in [6.07, 6.45) is 0. The molecule has 0 saturated heterocycles. The predicted octanol–water partition coefficient (Wildman–Crippen LogP) is 16.0. The van der Waals surface area contributed by atoms with Crippen molar-refractivity contribution in [2.24, 2.45) is 0 Å². The fraction of sp³-hybridized carbons (Fsp3) is 0.0526. The monoisotopic (exact) mass is 782 g/mol. The molecule has 0 spiro atoms. The van der Waals surface area contributed by atoms with Gasteiger partial charge in [0.2, 0.25) is 0 Å². The maximum atomic E-state index is 6.86. The van der Waals surface area contributed by atoms with Crippen LogP contribution in [0.2, 0.25) is 0 Å². The van der Waals surface area contributed by atoms with Gasteiger partial charge in [0.1, 0.15) is 16.7 Å². The lowest BCUT2D eigenvalue weighted by molar-refractivity contribution is 0.660. The van der Waals surface area contributed by atoms with Gasteiger partial charge in [-0.1, -0.05) is 123 Å². The second-order valence-electron chi connectivity index (χ2n) is 16.9. The number of rotatable bonds is 5. The highest BCUT2D eigenvalue weighted by molar-refractivity contribution is 6.14. The minimum atomic E-state index is -0.145. The lowest BCUT2D eigenvalue weighted by Crippen LogP contribution is -2.16. The molecule has 0 bridgehead atoms. The van der Waals surface area contributed by atoms with E-state index >= 15 is 0 Å². The molecule has 12 aromatic rings. The Morgan fingerprint density at radius 3 is 1.92 bits per heavy atom. The number of benzene rings is 9. The van der Waals surface area contributed by atoms with Gasteiger partial charge in [0.25, 0.3) is 0 Å². The van der Waals surface area contributed by atoms with Crippen LogP contribution in [0.4, 0.5) is 17.1 Å². The van der Waals surface area contributed by atoms with Crippen molar-refractivity contribution >= 4 is 82.7 Å². The fourth-order valence-corrected chi connectivity index (χ4v) is 10.3. The van der Waals surface area contributed by atoms with Crippen molar-refractivity contribution in [2.75, 3.05) is 4.90 Å². The first kappa shape index (κ1) is 34.1. The first-order chi connectivity index (χ1) is 30.0. The summed E-state index contributed by atoms with van der Waals surface area (Å²) in [5.74, 6) is 0. The van der Waals surface area contributed by atoms with Crippen LogP contribution in [0.1, 0.15) is 25.0 Å². The minimum Gasteiger partial charge on any atom is -0.456 e. The standard InChI is InChI=1S/C57H38N2O2/c1-57(2)48-20-10-6-16-40(48)41-27-25-39(34-49(41)57)58(37-14-4-3-5-15-37)52-32-36(31-47-44-19-9-13-23-54(44)61-56(47)52)35-24-28-51-45(30-35)42-17-7-11-21-50(42)59(51)38-26-29-55-46(33-38)43-18-8-12-22-53(43)60-55/h3-34H,1-2H3. The number of furan rings is 2. The lowest BCUT2D eigenvalue weighted by atomic mass is 9.82. The van der Waals surface area contributed by atoms with Gasteiger partial charge < -0.3 is 18.3 Å². The van der Waals surface area contributed by atoms with Crippen molar-refractivity contribution in [3.05, 3.63) is 205 Å². The molecule has 0 saturated carbocycles. The summed E-state index contributed by atoms with van der Waals surface area (Å²) in [7, 11) is 0. The van der Waals surface area contributed by atoms with Crippen LogP contribution in [0.15, 0.2) is 203 Å². The third-order valence-electron chi connectivity index (χ3n) is 13.2. The van der Waals surface area contributed by atoms with Gasteiger partial charge >= 0.3 is 0 Å². The van der Waals surface area contributed by atoms with Crippen LogP contribution in [0.3, 0.4) is 0 Å². The Morgan fingerprint density at radius 2 is 1.07 bits per heavy atom. The molecular weight excluding hydrogens is 745 g/mol. The molecule has 0 unspecified atom stereocenters. The van der Waals surface area contributed by atoms with Crippen molar-refractivity contribution in [3.63, 3.8) is 0 Å². The van der Waals surface area contributed by atoms with Gasteiger partial charge in [0.15, 0.2) is 5.58 Å². The van der Waals surface area contributed by atoms with E-state index in [9.17, 15) is 0 Å². The molecule has 0 atom stereocenters. The van der Waals surface area contributed by atoms with Crippen molar-refractivity contribution in [2.45, 2.75) is 19.3 Å². The van der Waals surface area contributed by atoms with Crippen LogP contribution >= 0.6 is 0 Å². The number of hydrogen-bond donors (Lipinski definition) is 0. The number of nitrogens with zero attached hydrogens (tertiary/aromatic N) is 2. The smallest absolute Gasteiger partial charge is 0.159 e. The highest BCUT2D eigenvalue weighted by Crippen LogP contribution is 2.52. The topological polar surface area (TPSA) is 34.5 Å². The van der Waals surface area contributed by atoms with E-state index in [-0.39, 0.29) is 5.41 Å². The third kappa shape index (κ3) is 4.93. The molecule has 3 aromatic heterocycles. The van der Waals surface area contributed by atoms with Gasteiger partial charge in [0.05, 0.1) is 16.7 Å². The molecule has 13 rings (SSSR count). The van der Waals surface area contributed by atoms with Gasteiger partial charge in [-0.2, -0.15) is 0 Å². The zero-order valence-electron chi connectivity index (χ0n) is 33.7. The SMILES string of the molecule is CC1(C)c2ccccc2-c2ccc(N(c3ccccc3)c3cc(-c4ccc5c(c4)c4ccccc4n5-c4ccc5oc6ccccc6c5c4)cc4c3oc3ccccc34)cc21. The molecule has 0 fully saturated rings. The maximum absolute atomic E-state index is 6.86. The summed E-state index contributed by atoms with van der Waals surface area (Å²) in [6.45, 7) is 4.69.